The van der Waals surface area contributed by atoms with Crippen molar-refractivity contribution in [3.05, 3.63) is 63.1 Å². The van der Waals surface area contributed by atoms with Crippen LogP contribution in [0.1, 0.15) is 61.8 Å². The zero-order valence-electron chi connectivity index (χ0n) is 19.0. The maximum Gasteiger partial charge on any atom is 0.280 e. The van der Waals surface area contributed by atoms with E-state index in [-0.39, 0.29) is 23.2 Å². The Morgan fingerprint density at radius 3 is 1.90 bits per heavy atom. The first-order valence-corrected chi connectivity index (χ1v) is 12.5. The smallest absolute Gasteiger partial charge is 0.280 e. The van der Waals surface area contributed by atoms with Crippen LogP contribution in [0.25, 0.3) is 0 Å². The molecule has 0 saturated heterocycles. The number of carbonyl (C=O) groups excluding carboxylic acids is 1. The highest BCUT2D eigenvalue weighted by molar-refractivity contribution is 9.10. The van der Waals surface area contributed by atoms with E-state index < -0.39 is 15.9 Å². The van der Waals surface area contributed by atoms with Crippen LogP contribution in [0.3, 0.4) is 0 Å². The Morgan fingerprint density at radius 2 is 1.48 bits per heavy atom. The van der Waals surface area contributed by atoms with Crippen molar-refractivity contribution in [1.29, 1.82) is 0 Å². The number of sulfonamides is 1. The monoisotopic (exact) mass is 509 g/mol. The lowest BCUT2D eigenvalue weighted by atomic mass is 9.87. The second-order valence-corrected chi connectivity index (χ2v) is 11.4. The number of hydrazine groups is 1. The summed E-state index contributed by atoms with van der Waals surface area (Å²) in [5.74, 6) is 5.53. The lowest BCUT2D eigenvalue weighted by Crippen LogP contribution is -2.43. The predicted molar refractivity (Wildman–Crippen MR) is 128 cm³/mol. The standard InChI is InChI=1S/C23H32BrN3O3S/c1-15(2)20-11-18(24)12-21(16(3)4)22(20)13-23(28)27(25)31(29,30)19-9-7-17(8-10-19)14-26(5)6/h7-12,15-16H,13-14,25H2,1-6H3. The van der Waals surface area contributed by atoms with E-state index in [9.17, 15) is 13.2 Å². The molecule has 0 saturated carbocycles. The van der Waals surface area contributed by atoms with E-state index in [1.807, 2.05) is 58.8 Å². The van der Waals surface area contributed by atoms with Crippen LogP contribution in [0.4, 0.5) is 0 Å². The van der Waals surface area contributed by atoms with Gasteiger partial charge < -0.3 is 4.90 Å². The van der Waals surface area contributed by atoms with E-state index in [0.29, 0.717) is 11.0 Å². The number of benzene rings is 2. The summed E-state index contributed by atoms with van der Waals surface area (Å²) in [4.78, 5) is 15.0. The number of amides is 1. The predicted octanol–water partition coefficient (Wildman–Crippen LogP) is 4.39. The lowest BCUT2D eigenvalue weighted by molar-refractivity contribution is -0.126. The summed E-state index contributed by atoms with van der Waals surface area (Å²) in [6.45, 7) is 8.88. The molecule has 0 radical (unpaired) electrons. The van der Waals surface area contributed by atoms with Gasteiger partial charge in [-0.2, -0.15) is 12.8 Å². The normalized spacial score (nSPS) is 12.1. The largest absolute Gasteiger partial charge is 0.305 e. The molecule has 2 aromatic rings. The van der Waals surface area contributed by atoms with E-state index >= 15 is 0 Å². The number of carbonyl (C=O) groups is 1. The molecule has 6 nitrogen and oxygen atoms in total. The van der Waals surface area contributed by atoms with Gasteiger partial charge in [0, 0.05) is 11.0 Å². The molecule has 0 aromatic heterocycles. The number of halogens is 1. The van der Waals surface area contributed by atoms with Gasteiger partial charge in [0.1, 0.15) is 0 Å². The van der Waals surface area contributed by atoms with Gasteiger partial charge in [0.25, 0.3) is 15.9 Å². The maximum absolute atomic E-state index is 13.0. The Hall–Kier alpha value is -1.74. The fraction of sp³-hybridized carbons (Fsp3) is 0.435. The second kappa shape index (κ2) is 10.3. The van der Waals surface area contributed by atoms with Crippen molar-refractivity contribution in [2.75, 3.05) is 14.1 Å². The minimum absolute atomic E-state index is 0.00479. The van der Waals surface area contributed by atoms with Gasteiger partial charge in [-0.05, 0) is 72.5 Å². The molecule has 2 N–H and O–H groups in total. The zero-order valence-corrected chi connectivity index (χ0v) is 21.4. The molecule has 0 aliphatic rings. The molecule has 0 atom stereocenters. The van der Waals surface area contributed by atoms with Gasteiger partial charge in [0.15, 0.2) is 0 Å². The Morgan fingerprint density at radius 1 is 1.00 bits per heavy atom. The third-order valence-electron chi connectivity index (χ3n) is 5.08. The van der Waals surface area contributed by atoms with Crippen LogP contribution in [-0.2, 0) is 27.8 Å². The lowest BCUT2D eigenvalue weighted by Gasteiger charge is -2.23. The van der Waals surface area contributed by atoms with Crippen LogP contribution in [0, 0.1) is 0 Å². The molecule has 0 aliphatic heterocycles. The van der Waals surface area contributed by atoms with E-state index in [0.717, 1.165) is 26.7 Å². The van der Waals surface area contributed by atoms with Gasteiger partial charge in [0.2, 0.25) is 0 Å². The van der Waals surface area contributed by atoms with Gasteiger partial charge in [-0.1, -0.05) is 55.8 Å². The molecule has 1 amide bonds. The van der Waals surface area contributed by atoms with Crippen LogP contribution < -0.4 is 5.84 Å². The van der Waals surface area contributed by atoms with Crippen LogP contribution >= 0.6 is 15.9 Å². The minimum atomic E-state index is -4.14. The third kappa shape index (κ3) is 6.16. The van der Waals surface area contributed by atoms with Crippen LogP contribution in [0.2, 0.25) is 0 Å². The minimum Gasteiger partial charge on any atom is -0.305 e. The summed E-state index contributed by atoms with van der Waals surface area (Å²) in [5.41, 5.74) is 3.82. The number of hydrogen-bond acceptors (Lipinski definition) is 5. The molecule has 0 heterocycles. The van der Waals surface area contributed by atoms with E-state index in [2.05, 4.69) is 15.9 Å². The van der Waals surface area contributed by atoms with Gasteiger partial charge in [-0.3, -0.25) is 4.79 Å². The molecule has 0 unspecified atom stereocenters. The molecule has 2 rings (SSSR count). The van der Waals surface area contributed by atoms with Crippen molar-refractivity contribution in [3.63, 3.8) is 0 Å². The van der Waals surface area contributed by atoms with Crippen molar-refractivity contribution >= 4 is 31.9 Å². The summed E-state index contributed by atoms with van der Waals surface area (Å²) in [6, 6.07) is 10.4. The van der Waals surface area contributed by atoms with Gasteiger partial charge in [-0.15, -0.1) is 0 Å². The molecule has 0 bridgehead atoms. The number of rotatable bonds is 8. The summed E-state index contributed by atoms with van der Waals surface area (Å²) in [7, 11) is -0.270. The summed E-state index contributed by atoms with van der Waals surface area (Å²) < 4.78 is 27.2. The number of nitrogens with two attached hydrogens (primary N) is 1. The Balaban J connectivity index is 2.35. The summed E-state index contributed by atoms with van der Waals surface area (Å²) >= 11 is 3.54. The summed E-state index contributed by atoms with van der Waals surface area (Å²) in [6.07, 6.45) is -0.0806. The van der Waals surface area contributed by atoms with Crippen LogP contribution in [-0.4, -0.2) is 37.7 Å². The average Bonchev–Trinajstić information content (AvgIpc) is 2.67. The van der Waals surface area contributed by atoms with Crippen molar-refractivity contribution in [2.24, 2.45) is 5.84 Å². The highest BCUT2D eigenvalue weighted by Gasteiger charge is 2.28. The molecule has 0 spiro atoms. The van der Waals surface area contributed by atoms with Gasteiger partial charge in [-0.25, -0.2) is 5.84 Å². The first-order chi connectivity index (χ1) is 14.3. The fourth-order valence-electron chi connectivity index (χ4n) is 3.52. The van der Waals surface area contributed by atoms with Crippen molar-refractivity contribution < 1.29 is 13.2 Å². The molecular formula is C23H32BrN3O3S. The molecule has 0 fully saturated rings. The van der Waals surface area contributed by atoms with Crippen molar-refractivity contribution in [2.45, 2.75) is 57.4 Å². The number of nitrogens with zero attached hydrogens (tertiary/aromatic N) is 2. The van der Waals surface area contributed by atoms with Crippen LogP contribution in [0.15, 0.2) is 45.8 Å². The summed E-state index contributed by atoms with van der Waals surface area (Å²) in [5, 5.41) is 0. The fourth-order valence-corrected chi connectivity index (χ4v) is 5.06. The molecule has 0 aliphatic carbocycles. The molecular weight excluding hydrogens is 478 g/mol. The molecule has 170 valence electrons. The first-order valence-electron chi connectivity index (χ1n) is 10.2. The van der Waals surface area contributed by atoms with Gasteiger partial charge in [0.05, 0.1) is 11.3 Å². The van der Waals surface area contributed by atoms with E-state index in [1.54, 1.807) is 12.1 Å². The molecule has 31 heavy (non-hydrogen) atoms. The Kier molecular flexibility index (Phi) is 8.44. The van der Waals surface area contributed by atoms with Crippen molar-refractivity contribution in [1.82, 2.24) is 9.31 Å². The SMILES string of the molecule is CC(C)c1cc(Br)cc(C(C)C)c1CC(=O)N(N)S(=O)(=O)c1ccc(CN(C)C)cc1. The van der Waals surface area contributed by atoms with Crippen molar-refractivity contribution in [3.8, 4) is 0 Å². The van der Waals surface area contributed by atoms with Gasteiger partial charge >= 0.3 is 0 Å². The topological polar surface area (TPSA) is 83.7 Å². The highest BCUT2D eigenvalue weighted by atomic mass is 79.9. The van der Waals surface area contributed by atoms with Crippen LogP contribution in [0.5, 0.6) is 0 Å². The van der Waals surface area contributed by atoms with E-state index in [4.69, 9.17) is 5.84 Å². The number of hydrogen-bond donors (Lipinski definition) is 1. The molecule has 8 heteroatoms. The maximum atomic E-state index is 13.0. The third-order valence-corrected chi connectivity index (χ3v) is 7.13. The quantitative estimate of drug-likeness (QED) is 0.324. The zero-order chi connectivity index (χ0) is 23.5. The Labute approximate surface area is 194 Å². The molecule has 2 aromatic carbocycles. The first kappa shape index (κ1) is 25.5. The van der Waals surface area contributed by atoms with E-state index in [1.165, 1.54) is 12.1 Å². The highest BCUT2D eigenvalue weighted by Crippen LogP contribution is 2.32. The second-order valence-electron chi connectivity index (χ2n) is 8.63. The Bertz CT molecular complexity index is 1000. The average molecular weight is 510 g/mol.